The van der Waals surface area contributed by atoms with Crippen molar-refractivity contribution in [3.05, 3.63) is 41.7 Å². The summed E-state index contributed by atoms with van der Waals surface area (Å²) in [6.07, 6.45) is 3.90. The molecule has 1 heterocycles. The molecule has 0 aliphatic rings. The minimum Gasteiger partial charge on any atom is -0.494 e. The Morgan fingerprint density at radius 2 is 2.05 bits per heavy atom. The van der Waals surface area contributed by atoms with Crippen LogP contribution in [-0.4, -0.2) is 21.6 Å². The van der Waals surface area contributed by atoms with E-state index in [4.69, 9.17) is 10.5 Å². The van der Waals surface area contributed by atoms with Gasteiger partial charge >= 0.3 is 0 Å². The third-order valence-corrected chi connectivity index (χ3v) is 3.07. The van der Waals surface area contributed by atoms with Gasteiger partial charge in [-0.3, -0.25) is 4.68 Å². The number of hydrogen-bond acceptors (Lipinski definition) is 4. The number of rotatable bonds is 6. The zero-order chi connectivity index (χ0) is 13.7. The van der Waals surface area contributed by atoms with Gasteiger partial charge in [-0.1, -0.05) is 30.7 Å². The van der Waals surface area contributed by atoms with Crippen LogP contribution in [0.5, 0.6) is 5.75 Å². The highest BCUT2D eigenvalue weighted by Crippen LogP contribution is 2.21. The van der Waals surface area contributed by atoms with E-state index in [9.17, 15) is 0 Å². The molecule has 0 aliphatic heterocycles. The molecule has 5 heteroatoms. The number of aryl methyl sites for hydroxylation is 1. The Labute approximate surface area is 113 Å². The van der Waals surface area contributed by atoms with Crippen molar-refractivity contribution in [2.45, 2.75) is 25.8 Å². The largest absolute Gasteiger partial charge is 0.494 e. The van der Waals surface area contributed by atoms with E-state index in [-0.39, 0.29) is 6.04 Å². The molecule has 0 radical (unpaired) electrons. The van der Waals surface area contributed by atoms with Crippen molar-refractivity contribution in [1.29, 1.82) is 0 Å². The van der Waals surface area contributed by atoms with E-state index in [2.05, 4.69) is 17.2 Å². The number of unbranched alkanes of at least 4 members (excludes halogenated alkanes) is 1. The maximum Gasteiger partial charge on any atom is 0.119 e. The second-order valence-electron chi connectivity index (χ2n) is 4.53. The Kier molecular flexibility index (Phi) is 4.52. The Balaban J connectivity index is 2.04. The molecule has 0 saturated heterocycles. The zero-order valence-electron chi connectivity index (χ0n) is 11.4. The van der Waals surface area contributed by atoms with E-state index in [0.717, 1.165) is 36.5 Å². The summed E-state index contributed by atoms with van der Waals surface area (Å²) >= 11 is 0. The predicted octanol–water partition coefficient (Wildman–Crippen LogP) is 2.04. The van der Waals surface area contributed by atoms with Crippen molar-refractivity contribution >= 4 is 0 Å². The van der Waals surface area contributed by atoms with Gasteiger partial charge in [0.1, 0.15) is 5.75 Å². The fourth-order valence-corrected chi connectivity index (χ4v) is 1.86. The lowest BCUT2D eigenvalue weighted by atomic mass is 10.1. The normalized spacial score (nSPS) is 12.4. The van der Waals surface area contributed by atoms with Gasteiger partial charge in [0.2, 0.25) is 0 Å². The molecule has 2 N–H and O–H groups in total. The summed E-state index contributed by atoms with van der Waals surface area (Å²) in [6.45, 7) is 2.90. The Hall–Kier alpha value is -1.88. The topological polar surface area (TPSA) is 66.0 Å². The Morgan fingerprint density at radius 3 is 2.63 bits per heavy atom. The van der Waals surface area contributed by atoms with Crippen LogP contribution in [0.3, 0.4) is 0 Å². The molecule has 0 amide bonds. The summed E-state index contributed by atoms with van der Waals surface area (Å²) < 4.78 is 7.32. The van der Waals surface area contributed by atoms with Gasteiger partial charge in [0.25, 0.3) is 0 Å². The standard InChI is InChI=1S/C14H20N4O/c1-3-4-9-19-12-7-5-11(6-8-12)14(15)13-10-16-17-18(13)2/h5-8,10,14H,3-4,9,15H2,1-2H3. The Bertz CT molecular complexity index is 506. The summed E-state index contributed by atoms with van der Waals surface area (Å²) in [5, 5.41) is 7.74. The smallest absolute Gasteiger partial charge is 0.119 e. The molecule has 0 bridgehead atoms. The first-order valence-electron chi connectivity index (χ1n) is 6.55. The second kappa shape index (κ2) is 6.33. The van der Waals surface area contributed by atoms with Crippen LogP contribution in [-0.2, 0) is 7.05 Å². The van der Waals surface area contributed by atoms with Crippen LogP contribution >= 0.6 is 0 Å². The van der Waals surface area contributed by atoms with Gasteiger partial charge in [-0.25, -0.2) is 0 Å². The summed E-state index contributed by atoms with van der Waals surface area (Å²) in [6, 6.07) is 7.66. The highest BCUT2D eigenvalue weighted by molar-refractivity contribution is 5.32. The number of benzene rings is 1. The molecule has 5 nitrogen and oxygen atoms in total. The molecule has 0 spiro atoms. The molecule has 0 aliphatic carbocycles. The van der Waals surface area contributed by atoms with Gasteiger partial charge in [0, 0.05) is 7.05 Å². The molecule has 1 unspecified atom stereocenters. The first-order chi connectivity index (χ1) is 9.22. The number of nitrogens with two attached hydrogens (primary N) is 1. The minimum atomic E-state index is -0.218. The number of ether oxygens (including phenoxy) is 1. The lowest BCUT2D eigenvalue weighted by Crippen LogP contribution is -2.15. The fraction of sp³-hybridized carbons (Fsp3) is 0.429. The molecular weight excluding hydrogens is 240 g/mol. The first-order valence-corrected chi connectivity index (χ1v) is 6.55. The fourth-order valence-electron chi connectivity index (χ4n) is 1.86. The number of nitrogens with zero attached hydrogens (tertiary/aromatic N) is 3. The van der Waals surface area contributed by atoms with E-state index < -0.39 is 0 Å². The van der Waals surface area contributed by atoms with Crippen LogP contribution in [0.15, 0.2) is 30.5 Å². The SMILES string of the molecule is CCCCOc1ccc(C(N)c2cnnn2C)cc1. The van der Waals surface area contributed by atoms with E-state index in [0.29, 0.717) is 0 Å². The van der Waals surface area contributed by atoms with Gasteiger partial charge in [0.15, 0.2) is 0 Å². The van der Waals surface area contributed by atoms with Gasteiger partial charge in [-0.15, -0.1) is 5.10 Å². The lowest BCUT2D eigenvalue weighted by Gasteiger charge is -2.12. The van der Waals surface area contributed by atoms with Crippen molar-refractivity contribution in [2.75, 3.05) is 6.61 Å². The molecule has 0 saturated carbocycles. The van der Waals surface area contributed by atoms with Crippen LogP contribution in [0.25, 0.3) is 0 Å². The maximum absolute atomic E-state index is 6.19. The van der Waals surface area contributed by atoms with E-state index in [1.165, 1.54) is 0 Å². The highest BCUT2D eigenvalue weighted by atomic mass is 16.5. The van der Waals surface area contributed by atoms with Crippen LogP contribution in [0.4, 0.5) is 0 Å². The van der Waals surface area contributed by atoms with E-state index in [1.54, 1.807) is 10.9 Å². The van der Waals surface area contributed by atoms with Crippen LogP contribution in [0, 0.1) is 0 Å². The summed E-state index contributed by atoms with van der Waals surface area (Å²) in [7, 11) is 1.84. The average Bonchev–Trinajstić information content (AvgIpc) is 2.85. The van der Waals surface area contributed by atoms with Gasteiger partial charge < -0.3 is 10.5 Å². The number of aromatic nitrogens is 3. The number of hydrogen-bond donors (Lipinski definition) is 1. The van der Waals surface area contributed by atoms with Crippen LogP contribution < -0.4 is 10.5 Å². The summed E-state index contributed by atoms with van der Waals surface area (Å²) in [5.74, 6) is 0.882. The Morgan fingerprint density at radius 1 is 1.32 bits per heavy atom. The van der Waals surface area contributed by atoms with Crippen LogP contribution in [0.2, 0.25) is 0 Å². The third kappa shape index (κ3) is 3.32. The minimum absolute atomic E-state index is 0.218. The van der Waals surface area contributed by atoms with Gasteiger partial charge in [0.05, 0.1) is 24.5 Å². The maximum atomic E-state index is 6.19. The average molecular weight is 260 g/mol. The van der Waals surface area contributed by atoms with Gasteiger partial charge in [-0.2, -0.15) is 0 Å². The highest BCUT2D eigenvalue weighted by Gasteiger charge is 2.13. The quantitative estimate of drug-likeness (QED) is 0.807. The second-order valence-corrected chi connectivity index (χ2v) is 4.53. The predicted molar refractivity (Wildman–Crippen MR) is 73.9 cm³/mol. The molecule has 0 fully saturated rings. The zero-order valence-corrected chi connectivity index (χ0v) is 11.4. The van der Waals surface area contributed by atoms with E-state index in [1.807, 2.05) is 31.3 Å². The summed E-state index contributed by atoms with van der Waals surface area (Å²) in [5.41, 5.74) is 8.10. The van der Waals surface area contributed by atoms with Crippen molar-refractivity contribution in [2.24, 2.45) is 12.8 Å². The monoisotopic (exact) mass is 260 g/mol. The molecule has 102 valence electrons. The molecule has 2 rings (SSSR count). The van der Waals surface area contributed by atoms with Crippen molar-refractivity contribution in [1.82, 2.24) is 15.0 Å². The molecular formula is C14H20N4O. The molecule has 1 aromatic carbocycles. The third-order valence-electron chi connectivity index (χ3n) is 3.07. The van der Waals surface area contributed by atoms with Crippen molar-refractivity contribution in [3.8, 4) is 5.75 Å². The molecule has 1 atom stereocenters. The summed E-state index contributed by atoms with van der Waals surface area (Å²) in [4.78, 5) is 0. The lowest BCUT2D eigenvalue weighted by molar-refractivity contribution is 0.309. The van der Waals surface area contributed by atoms with Crippen molar-refractivity contribution < 1.29 is 4.74 Å². The molecule has 2 aromatic rings. The molecule has 1 aromatic heterocycles. The van der Waals surface area contributed by atoms with Crippen molar-refractivity contribution in [3.63, 3.8) is 0 Å². The van der Waals surface area contributed by atoms with Crippen LogP contribution in [0.1, 0.15) is 37.1 Å². The van der Waals surface area contributed by atoms with E-state index >= 15 is 0 Å². The first kappa shape index (κ1) is 13.5. The molecule has 19 heavy (non-hydrogen) atoms. The van der Waals surface area contributed by atoms with Gasteiger partial charge in [-0.05, 0) is 24.1 Å².